The fourth-order valence-electron chi connectivity index (χ4n) is 1.91. The first-order valence-electron chi connectivity index (χ1n) is 6.84. The second kappa shape index (κ2) is 6.35. The molecule has 0 aliphatic carbocycles. The van der Waals surface area contributed by atoms with E-state index in [4.69, 9.17) is 21.1 Å². The molecule has 0 bridgehead atoms. The molecule has 0 unspecified atom stereocenters. The summed E-state index contributed by atoms with van der Waals surface area (Å²) in [5.74, 6) is 0.705. The van der Waals surface area contributed by atoms with Crippen LogP contribution < -0.4 is 5.32 Å². The predicted octanol–water partition coefficient (Wildman–Crippen LogP) is 4.23. The van der Waals surface area contributed by atoms with Gasteiger partial charge in [-0.25, -0.2) is 9.78 Å². The Kier molecular flexibility index (Phi) is 4.73. The Hall–Kier alpha value is -1.75. The maximum Gasteiger partial charge on any atom is 0.412 e. The molecule has 0 spiro atoms. The molecular formula is C15H19ClN2O3. The zero-order valence-corrected chi connectivity index (χ0v) is 13.2. The van der Waals surface area contributed by atoms with Gasteiger partial charge in [-0.1, -0.05) is 11.6 Å². The number of nitrogens with zero attached hydrogens (tertiary/aromatic N) is 1. The Morgan fingerprint density at radius 1 is 1.48 bits per heavy atom. The lowest BCUT2D eigenvalue weighted by atomic mass is 10.1. The SMILES string of the molecule is CC(C)(C)OC(=O)Nc1c(C2=CCCCO2)ccnc1Cl. The molecule has 1 aliphatic heterocycles. The number of carbonyl (C=O) groups excluding carboxylic acids is 1. The van der Waals surface area contributed by atoms with Gasteiger partial charge in [0.05, 0.1) is 12.3 Å². The molecule has 2 heterocycles. The Morgan fingerprint density at radius 3 is 2.86 bits per heavy atom. The second-order valence-electron chi connectivity index (χ2n) is 5.71. The van der Waals surface area contributed by atoms with Gasteiger partial charge in [0.25, 0.3) is 0 Å². The number of allylic oxidation sites excluding steroid dienone is 1. The summed E-state index contributed by atoms with van der Waals surface area (Å²) in [7, 11) is 0. The van der Waals surface area contributed by atoms with E-state index in [0.29, 0.717) is 23.6 Å². The number of carbonyl (C=O) groups is 1. The molecule has 0 atom stereocenters. The van der Waals surface area contributed by atoms with Gasteiger partial charge < -0.3 is 9.47 Å². The second-order valence-corrected chi connectivity index (χ2v) is 6.07. The van der Waals surface area contributed by atoms with E-state index in [1.807, 2.05) is 6.08 Å². The van der Waals surface area contributed by atoms with Crippen LogP contribution in [0, 0.1) is 0 Å². The van der Waals surface area contributed by atoms with Crippen molar-refractivity contribution in [3.63, 3.8) is 0 Å². The zero-order chi connectivity index (χ0) is 15.5. The fraction of sp³-hybridized carbons (Fsp3) is 0.467. The van der Waals surface area contributed by atoms with Gasteiger partial charge in [-0.15, -0.1) is 0 Å². The largest absolute Gasteiger partial charge is 0.493 e. The van der Waals surface area contributed by atoms with Crippen molar-refractivity contribution < 1.29 is 14.3 Å². The summed E-state index contributed by atoms with van der Waals surface area (Å²) in [5, 5.41) is 2.86. The van der Waals surface area contributed by atoms with E-state index in [9.17, 15) is 4.79 Å². The average molecular weight is 311 g/mol. The summed E-state index contributed by atoms with van der Waals surface area (Å²) in [6, 6.07) is 1.76. The third-order valence-corrected chi connectivity index (χ3v) is 3.02. The Labute approximate surface area is 129 Å². The summed E-state index contributed by atoms with van der Waals surface area (Å²) < 4.78 is 10.9. The first kappa shape index (κ1) is 15.6. The molecule has 6 heteroatoms. The molecule has 1 N–H and O–H groups in total. The maximum absolute atomic E-state index is 11.9. The quantitative estimate of drug-likeness (QED) is 0.830. The van der Waals surface area contributed by atoms with Gasteiger partial charge in [-0.05, 0) is 45.8 Å². The third-order valence-electron chi connectivity index (χ3n) is 2.73. The van der Waals surface area contributed by atoms with Crippen molar-refractivity contribution in [3.8, 4) is 0 Å². The molecule has 114 valence electrons. The molecule has 21 heavy (non-hydrogen) atoms. The lowest BCUT2D eigenvalue weighted by Gasteiger charge is -2.22. The van der Waals surface area contributed by atoms with Crippen LogP contribution >= 0.6 is 11.6 Å². The highest BCUT2D eigenvalue weighted by Crippen LogP contribution is 2.32. The number of anilines is 1. The Balaban J connectivity index is 2.26. The van der Waals surface area contributed by atoms with Gasteiger partial charge in [0, 0.05) is 11.8 Å². The van der Waals surface area contributed by atoms with E-state index in [-0.39, 0.29) is 5.15 Å². The van der Waals surface area contributed by atoms with Gasteiger partial charge in [0.2, 0.25) is 0 Å². The lowest BCUT2D eigenvalue weighted by Crippen LogP contribution is -2.27. The molecule has 0 saturated heterocycles. The minimum absolute atomic E-state index is 0.202. The summed E-state index contributed by atoms with van der Waals surface area (Å²) in [5.41, 5.74) is 0.529. The van der Waals surface area contributed by atoms with E-state index < -0.39 is 11.7 Å². The van der Waals surface area contributed by atoms with Gasteiger partial charge in [0.15, 0.2) is 5.15 Å². The Bertz CT molecular complexity index is 565. The van der Waals surface area contributed by atoms with Crippen molar-refractivity contribution in [3.05, 3.63) is 29.1 Å². The topological polar surface area (TPSA) is 60.5 Å². The van der Waals surface area contributed by atoms with Crippen LogP contribution in [-0.2, 0) is 9.47 Å². The summed E-state index contributed by atoms with van der Waals surface area (Å²) >= 11 is 6.10. The summed E-state index contributed by atoms with van der Waals surface area (Å²) in [4.78, 5) is 15.9. The van der Waals surface area contributed by atoms with E-state index >= 15 is 0 Å². The highest BCUT2D eigenvalue weighted by Gasteiger charge is 2.21. The van der Waals surface area contributed by atoms with Gasteiger partial charge in [-0.2, -0.15) is 0 Å². The van der Waals surface area contributed by atoms with Crippen LogP contribution in [0.5, 0.6) is 0 Å². The van der Waals surface area contributed by atoms with Crippen LogP contribution in [0.3, 0.4) is 0 Å². The van der Waals surface area contributed by atoms with Gasteiger partial charge in [-0.3, -0.25) is 5.32 Å². The number of hydrogen-bond donors (Lipinski definition) is 1. The molecule has 1 aromatic heterocycles. The van der Waals surface area contributed by atoms with E-state index in [2.05, 4.69) is 10.3 Å². The minimum atomic E-state index is -0.584. The molecular weight excluding hydrogens is 292 g/mol. The number of amides is 1. The molecule has 2 rings (SSSR count). The van der Waals surface area contributed by atoms with E-state index in [1.165, 1.54) is 0 Å². The maximum atomic E-state index is 11.9. The summed E-state index contributed by atoms with van der Waals surface area (Å²) in [6.07, 6.45) is 4.90. The van der Waals surface area contributed by atoms with Crippen molar-refractivity contribution in [2.75, 3.05) is 11.9 Å². The molecule has 1 amide bonds. The van der Waals surface area contributed by atoms with Crippen LogP contribution in [0.2, 0.25) is 5.15 Å². The monoisotopic (exact) mass is 310 g/mol. The molecule has 0 saturated carbocycles. The smallest absolute Gasteiger partial charge is 0.412 e. The normalized spacial score (nSPS) is 15.0. The number of nitrogens with one attached hydrogen (secondary N) is 1. The van der Waals surface area contributed by atoms with Crippen LogP contribution in [-0.4, -0.2) is 23.3 Å². The van der Waals surface area contributed by atoms with E-state index in [1.54, 1.807) is 33.0 Å². The standard InChI is InChI=1S/C15H19ClN2O3/c1-15(2,3)21-14(19)18-12-10(7-8-17-13(12)16)11-6-4-5-9-20-11/h6-8H,4-5,9H2,1-3H3,(H,18,19). The molecule has 0 radical (unpaired) electrons. The molecule has 1 aliphatic rings. The van der Waals surface area contributed by atoms with Crippen molar-refractivity contribution in [1.29, 1.82) is 0 Å². The molecule has 1 aromatic rings. The van der Waals surface area contributed by atoms with Crippen molar-refractivity contribution in [1.82, 2.24) is 4.98 Å². The lowest BCUT2D eigenvalue weighted by molar-refractivity contribution is 0.0636. The summed E-state index contributed by atoms with van der Waals surface area (Å²) in [6.45, 7) is 6.04. The van der Waals surface area contributed by atoms with Gasteiger partial charge in [0.1, 0.15) is 11.4 Å². The number of ether oxygens (including phenoxy) is 2. The number of halogens is 1. The number of aromatic nitrogens is 1. The van der Waals surface area contributed by atoms with Crippen molar-refractivity contribution >= 4 is 29.1 Å². The molecule has 0 fully saturated rings. The average Bonchev–Trinajstić information content (AvgIpc) is 2.40. The van der Waals surface area contributed by atoms with Crippen molar-refractivity contribution in [2.45, 2.75) is 39.2 Å². The Morgan fingerprint density at radius 2 is 2.24 bits per heavy atom. The first-order chi connectivity index (χ1) is 9.87. The third kappa shape index (κ3) is 4.36. The predicted molar refractivity (Wildman–Crippen MR) is 82.3 cm³/mol. The minimum Gasteiger partial charge on any atom is -0.493 e. The van der Waals surface area contributed by atoms with Crippen LogP contribution in [0.25, 0.3) is 5.76 Å². The number of rotatable bonds is 2. The van der Waals surface area contributed by atoms with Crippen LogP contribution in [0.4, 0.5) is 10.5 Å². The van der Waals surface area contributed by atoms with Crippen LogP contribution in [0.1, 0.15) is 39.2 Å². The highest BCUT2D eigenvalue weighted by atomic mass is 35.5. The molecule has 5 nitrogen and oxygen atoms in total. The number of hydrogen-bond acceptors (Lipinski definition) is 4. The van der Waals surface area contributed by atoms with E-state index in [0.717, 1.165) is 12.8 Å². The zero-order valence-electron chi connectivity index (χ0n) is 12.4. The highest BCUT2D eigenvalue weighted by molar-refractivity contribution is 6.32. The van der Waals surface area contributed by atoms with Gasteiger partial charge >= 0.3 is 6.09 Å². The number of pyridine rings is 1. The van der Waals surface area contributed by atoms with Crippen molar-refractivity contribution in [2.24, 2.45) is 0 Å². The van der Waals surface area contributed by atoms with Crippen LogP contribution in [0.15, 0.2) is 18.3 Å². The fourth-order valence-corrected chi connectivity index (χ4v) is 2.12. The molecule has 0 aromatic carbocycles. The first-order valence-corrected chi connectivity index (χ1v) is 7.22.